The van der Waals surface area contributed by atoms with Crippen LogP contribution in [0.25, 0.3) is 0 Å². The van der Waals surface area contributed by atoms with Crippen LogP contribution in [-0.4, -0.2) is 22.4 Å². The summed E-state index contributed by atoms with van der Waals surface area (Å²) >= 11 is 5.57. The zero-order valence-corrected chi connectivity index (χ0v) is 13.0. The molecule has 0 saturated carbocycles. The third kappa shape index (κ3) is 3.43. The number of anilines is 3. The van der Waals surface area contributed by atoms with E-state index in [2.05, 4.69) is 15.3 Å². The van der Waals surface area contributed by atoms with Crippen LogP contribution in [0.3, 0.4) is 0 Å². The summed E-state index contributed by atoms with van der Waals surface area (Å²) in [5.74, 6) is -0.0149. The normalized spacial score (nSPS) is 15.0. The second kappa shape index (κ2) is 6.27. The summed E-state index contributed by atoms with van der Waals surface area (Å²) in [6.07, 6.45) is -2.67. The predicted octanol–water partition coefficient (Wildman–Crippen LogP) is 4.02. The Hall–Kier alpha value is -2.35. The van der Waals surface area contributed by atoms with Crippen LogP contribution in [-0.2, 0) is 11.0 Å². The lowest BCUT2D eigenvalue weighted by molar-refractivity contribution is -0.138. The lowest BCUT2D eigenvalue weighted by atomic mass is 10.2. The van der Waals surface area contributed by atoms with E-state index in [0.29, 0.717) is 30.5 Å². The average Bonchev–Trinajstić information content (AvgIpc) is 2.92. The Morgan fingerprint density at radius 1 is 1.29 bits per heavy atom. The van der Waals surface area contributed by atoms with Gasteiger partial charge in [0.15, 0.2) is 0 Å². The third-order valence-electron chi connectivity index (χ3n) is 3.54. The van der Waals surface area contributed by atoms with Gasteiger partial charge in [-0.3, -0.25) is 4.79 Å². The molecule has 0 aliphatic carbocycles. The summed E-state index contributed by atoms with van der Waals surface area (Å²) in [6, 6.07) is 6.92. The molecule has 1 amide bonds. The number of amides is 1. The number of hydrogen-bond acceptors (Lipinski definition) is 4. The molecule has 0 unspecified atom stereocenters. The molecule has 1 fully saturated rings. The molecule has 3 rings (SSSR count). The minimum absolute atomic E-state index is 0.0426. The van der Waals surface area contributed by atoms with Gasteiger partial charge in [-0.2, -0.15) is 13.2 Å². The van der Waals surface area contributed by atoms with E-state index < -0.39 is 16.9 Å². The van der Waals surface area contributed by atoms with Crippen molar-refractivity contribution in [2.75, 3.05) is 16.8 Å². The number of carbonyl (C=O) groups is 1. The van der Waals surface area contributed by atoms with Crippen LogP contribution in [0.4, 0.5) is 30.5 Å². The first-order valence-electron chi connectivity index (χ1n) is 7.12. The number of rotatable bonds is 3. The quantitative estimate of drug-likeness (QED) is 0.844. The van der Waals surface area contributed by atoms with Gasteiger partial charge in [0.05, 0.1) is 0 Å². The van der Waals surface area contributed by atoms with E-state index in [9.17, 15) is 18.0 Å². The fourth-order valence-corrected chi connectivity index (χ4v) is 2.65. The number of alkyl halides is 3. The Balaban J connectivity index is 1.82. The van der Waals surface area contributed by atoms with Crippen molar-refractivity contribution >= 4 is 34.8 Å². The second-order valence-corrected chi connectivity index (χ2v) is 5.58. The summed E-state index contributed by atoms with van der Waals surface area (Å²) in [5, 5.41) is 2.11. The Kier molecular flexibility index (Phi) is 4.31. The van der Waals surface area contributed by atoms with Gasteiger partial charge in [0, 0.05) is 30.5 Å². The maximum atomic E-state index is 12.6. The molecule has 126 valence electrons. The van der Waals surface area contributed by atoms with Crippen molar-refractivity contribution in [2.24, 2.45) is 0 Å². The molecule has 1 aliphatic heterocycles. The lowest BCUT2D eigenvalue weighted by Gasteiger charge is -2.17. The number of hydrogen-bond donors (Lipinski definition) is 1. The van der Waals surface area contributed by atoms with Gasteiger partial charge in [0.25, 0.3) is 0 Å². The third-order valence-corrected chi connectivity index (χ3v) is 3.82. The topological polar surface area (TPSA) is 58.1 Å². The Bertz CT molecular complexity index is 782. The van der Waals surface area contributed by atoms with E-state index in [0.717, 1.165) is 6.42 Å². The predicted molar refractivity (Wildman–Crippen MR) is 83.4 cm³/mol. The highest BCUT2D eigenvalue weighted by Crippen LogP contribution is 2.33. The van der Waals surface area contributed by atoms with E-state index in [-0.39, 0.29) is 11.9 Å². The molecule has 1 N–H and O–H groups in total. The number of halogens is 4. The van der Waals surface area contributed by atoms with E-state index in [1.54, 1.807) is 29.2 Å². The number of benzene rings is 1. The van der Waals surface area contributed by atoms with Gasteiger partial charge in [-0.25, -0.2) is 9.97 Å². The molecule has 2 aromatic rings. The van der Waals surface area contributed by atoms with Crippen LogP contribution < -0.4 is 10.2 Å². The Morgan fingerprint density at radius 3 is 2.71 bits per heavy atom. The van der Waals surface area contributed by atoms with Crippen molar-refractivity contribution < 1.29 is 18.0 Å². The summed E-state index contributed by atoms with van der Waals surface area (Å²) in [7, 11) is 0. The molecule has 0 bridgehead atoms. The van der Waals surface area contributed by atoms with E-state index in [1.165, 1.54) is 0 Å². The van der Waals surface area contributed by atoms with Gasteiger partial charge in [-0.15, -0.1) is 0 Å². The van der Waals surface area contributed by atoms with Crippen molar-refractivity contribution in [3.8, 4) is 0 Å². The summed E-state index contributed by atoms with van der Waals surface area (Å²) in [6.45, 7) is 0.644. The van der Waals surface area contributed by atoms with E-state index >= 15 is 0 Å². The van der Waals surface area contributed by atoms with Crippen molar-refractivity contribution in [2.45, 2.75) is 19.0 Å². The first-order valence-corrected chi connectivity index (χ1v) is 7.49. The van der Waals surface area contributed by atoms with Gasteiger partial charge in [-0.1, -0.05) is 17.7 Å². The minimum atomic E-state index is -4.61. The summed E-state index contributed by atoms with van der Waals surface area (Å²) < 4.78 is 37.9. The largest absolute Gasteiger partial charge is 0.420 e. The average molecular weight is 357 g/mol. The second-order valence-electron chi connectivity index (χ2n) is 5.22. The van der Waals surface area contributed by atoms with Crippen LogP contribution >= 0.6 is 11.6 Å². The fraction of sp³-hybridized carbons (Fsp3) is 0.267. The summed E-state index contributed by atoms with van der Waals surface area (Å²) in [5.41, 5.74) is 0.162. The van der Waals surface area contributed by atoms with Crippen LogP contribution in [0, 0.1) is 0 Å². The van der Waals surface area contributed by atoms with Crippen molar-refractivity contribution in [1.82, 2.24) is 9.97 Å². The molecule has 1 aromatic heterocycles. The van der Waals surface area contributed by atoms with Crippen molar-refractivity contribution in [3.05, 3.63) is 41.2 Å². The number of aromatic nitrogens is 2. The van der Waals surface area contributed by atoms with Gasteiger partial charge in [-0.05, 0) is 24.6 Å². The molecule has 5 nitrogen and oxygen atoms in total. The Morgan fingerprint density at radius 2 is 2.08 bits per heavy atom. The number of nitrogens with one attached hydrogen (secondary N) is 1. The van der Waals surface area contributed by atoms with Gasteiger partial charge >= 0.3 is 6.18 Å². The molecule has 0 atom stereocenters. The SMILES string of the molecule is O=C1CCCN1c1cccc(Nc2ncc(C(F)(F)F)c(Cl)n2)c1. The standard InChI is InChI=1S/C15H12ClF3N4O/c16-13-11(15(17,18)19)8-20-14(22-13)21-9-3-1-4-10(7-9)23-6-2-5-12(23)24/h1,3-4,7-8H,2,5-6H2,(H,20,21,22). The maximum absolute atomic E-state index is 12.6. The Labute approximate surface area is 140 Å². The van der Waals surface area contributed by atoms with Gasteiger partial charge in [0.2, 0.25) is 11.9 Å². The van der Waals surface area contributed by atoms with Gasteiger partial charge in [0.1, 0.15) is 10.7 Å². The van der Waals surface area contributed by atoms with E-state index in [1.807, 2.05) is 0 Å². The van der Waals surface area contributed by atoms with Crippen molar-refractivity contribution in [1.29, 1.82) is 0 Å². The minimum Gasteiger partial charge on any atom is -0.324 e. The first-order chi connectivity index (χ1) is 11.3. The fourth-order valence-electron chi connectivity index (χ4n) is 2.41. The number of carbonyl (C=O) groups excluding carboxylic acids is 1. The molecule has 0 radical (unpaired) electrons. The molecule has 2 heterocycles. The van der Waals surface area contributed by atoms with E-state index in [4.69, 9.17) is 11.6 Å². The maximum Gasteiger partial charge on any atom is 0.420 e. The molecule has 9 heteroatoms. The molecule has 0 spiro atoms. The van der Waals surface area contributed by atoms with Crippen LogP contribution in [0.5, 0.6) is 0 Å². The smallest absolute Gasteiger partial charge is 0.324 e. The highest BCUT2D eigenvalue weighted by atomic mass is 35.5. The zero-order chi connectivity index (χ0) is 17.3. The van der Waals surface area contributed by atoms with Crippen LogP contribution in [0.2, 0.25) is 5.15 Å². The van der Waals surface area contributed by atoms with Crippen LogP contribution in [0.15, 0.2) is 30.5 Å². The monoisotopic (exact) mass is 356 g/mol. The molecule has 1 aromatic carbocycles. The highest BCUT2D eigenvalue weighted by molar-refractivity contribution is 6.30. The molecular formula is C15H12ClF3N4O. The summed E-state index contributed by atoms with van der Waals surface area (Å²) in [4.78, 5) is 20.7. The van der Waals surface area contributed by atoms with Gasteiger partial charge < -0.3 is 10.2 Å². The highest BCUT2D eigenvalue weighted by Gasteiger charge is 2.34. The lowest BCUT2D eigenvalue weighted by Crippen LogP contribution is -2.23. The molecule has 24 heavy (non-hydrogen) atoms. The molecule has 1 saturated heterocycles. The van der Waals surface area contributed by atoms with Crippen molar-refractivity contribution in [3.63, 3.8) is 0 Å². The van der Waals surface area contributed by atoms with Crippen LogP contribution in [0.1, 0.15) is 18.4 Å². The zero-order valence-electron chi connectivity index (χ0n) is 12.3. The molecule has 1 aliphatic rings. The number of nitrogens with zero attached hydrogens (tertiary/aromatic N) is 3. The molecular weight excluding hydrogens is 345 g/mol. The first kappa shape index (κ1) is 16.5.